The van der Waals surface area contributed by atoms with Crippen LogP contribution in [0.2, 0.25) is 0 Å². The summed E-state index contributed by atoms with van der Waals surface area (Å²) in [6, 6.07) is 17.1. The number of benzene rings is 2. The maximum absolute atomic E-state index is 5.97. The molecule has 0 aliphatic carbocycles. The molecule has 0 saturated carbocycles. The van der Waals surface area contributed by atoms with E-state index in [4.69, 9.17) is 4.74 Å². The molecular formula is C18H21NOS. The maximum Gasteiger partial charge on any atom is 0.119 e. The van der Waals surface area contributed by atoms with Gasteiger partial charge in [0.1, 0.15) is 5.75 Å². The fourth-order valence-corrected chi connectivity index (χ4v) is 3.77. The molecule has 0 bridgehead atoms. The molecule has 2 nitrogen and oxygen atoms in total. The van der Waals surface area contributed by atoms with Gasteiger partial charge in [0.25, 0.3) is 0 Å². The summed E-state index contributed by atoms with van der Waals surface area (Å²) in [6.07, 6.45) is 0. The minimum Gasteiger partial charge on any atom is -0.493 e. The van der Waals surface area contributed by atoms with E-state index in [0.717, 1.165) is 31.2 Å². The molecule has 3 heteroatoms. The Morgan fingerprint density at radius 1 is 1.14 bits per heavy atom. The van der Waals surface area contributed by atoms with Crippen molar-refractivity contribution in [1.29, 1.82) is 0 Å². The molecule has 1 N–H and O–H groups in total. The predicted molar refractivity (Wildman–Crippen MR) is 89.2 cm³/mol. The highest BCUT2D eigenvalue weighted by atomic mass is 32.2. The van der Waals surface area contributed by atoms with E-state index in [-0.39, 0.29) is 0 Å². The van der Waals surface area contributed by atoms with Gasteiger partial charge in [-0.3, -0.25) is 0 Å². The molecule has 0 saturated heterocycles. The summed E-state index contributed by atoms with van der Waals surface area (Å²) in [7, 11) is 0. The number of ether oxygens (including phenoxy) is 1. The van der Waals surface area contributed by atoms with Gasteiger partial charge in [0, 0.05) is 23.1 Å². The molecule has 110 valence electrons. The lowest BCUT2D eigenvalue weighted by atomic mass is 10.0. The van der Waals surface area contributed by atoms with Gasteiger partial charge in [-0.15, -0.1) is 11.8 Å². The van der Waals surface area contributed by atoms with Crippen molar-refractivity contribution < 1.29 is 4.74 Å². The van der Waals surface area contributed by atoms with Crippen LogP contribution < -0.4 is 10.1 Å². The molecule has 1 aliphatic heterocycles. The van der Waals surface area contributed by atoms with Crippen molar-refractivity contribution in [1.82, 2.24) is 5.32 Å². The average molecular weight is 299 g/mol. The quantitative estimate of drug-likeness (QED) is 0.869. The van der Waals surface area contributed by atoms with Crippen molar-refractivity contribution in [3.8, 4) is 5.75 Å². The van der Waals surface area contributed by atoms with Gasteiger partial charge < -0.3 is 10.1 Å². The van der Waals surface area contributed by atoms with E-state index in [9.17, 15) is 0 Å². The third-order valence-electron chi connectivity index (χ3n) is 3.75. The first-order valence-electron chi connectivity index (χ1n) is 7.51. The number of rotatable bonds is 6. The van der Waals surface area contributed by atoms with Crippen molar-refractivity contribution >= 4 is 11.8 Å². The van der Waals surface area contributed by atoms with E-state index >= 15 is 0 Å². The second-order valence-electron chi connectivity index (χ2n) is 5.28. The normalized spacial score (nSPS) is 16.7. The standard InChI is InChI=1S/C18H21NOS/c1-2-19-11-14-7-9-16(10-8-14)20-12-15-13-21-18-6-4-3-5-17(15)18/h3-10,15,19H,2,11-13H2,1H3. The fraction of sp³-hybridized carbons (Fsp3) is 0.333. The zero-order valence-corrected chi connectivity index (χ0v) is 13.2. The number of fused-ring (bicyclic) bond motifs is 1. The van der Waals surface area contributed by atoms with E-state index < -0.39 is 0 Å². The van der Waals surface area contributed by atoms with Gasteiger partial charge in [-0.2, -0.15) is 0 Å². The highest BCUT2D eigenvalue weighted by molar-refractivity contribution is 7.99. The largest absolute Gasteiger partial charge is 0.493 e. The molecule has 0 radical (unpaired) electrons. The summed E-state index contributed by atoms with van der Waals surface area (Å²) in [5.41, 5.74) is 2.73. The molecule has 1 aliphatic rings. The Kier molecular flexibility index (Phi) is 4.84. The minimum absolute atomic E-state index is 0.507. The first-order valence-corrected chi connectivity index (χ1v) is 8.49. The smallest absolute Gasteiger partial charge is 0.119 e. The van der Waals surface area contributed by atoms with Crippen LogP contribution in [0.4, 0.5) is 0 Å². The lowest BCUT2D eigenvalue weighted by molar-refractivity contribution is 0.298. The Morgan fingerprint density at radius 3 is 2.76 bits per heavy atom. The monoisotopic (exact) mass is 299 g/mol. The minimum atomic E-state index is 0.507. The summed E-state index contributed by atoms with van der Waals surface area (Å²) in [6.45, 7) is 4.80. The summed E-state index contributed by atoms with van der Waals surface area (Å²) in [4.78, 5) is 1.41. The second-order valence-corrected chi connectivity index (χ2v) is 6.34. The Bertz CT molecular complexity index is 582. The van der Waals surface area contributed by atoms with Crippen LogP contribution in [0.3, 0.4) is 0 Å². The van der Waals surface area contributed by atoms with Crippen LogP contribution in [0.25, 0.3) is 0 Å². The number of hydrogen-bond donors (Lipinski definition) is 1. The van der Waals surface area contributed by atoms with E-state index in [1.165, 1.54) is 16.0 Å². The average Bonchev–Trinajstić information content (AvgIpc) is 2.95. The summed E-state index contributed by atoms with van der Waals surface area (Å²) in [5.74, 6) is 2.59. The summed E-state index contributed by atoms with van der Waals surface area (Å²) in [5, 5.41) is 3.33. The van der Waals surface area contributed by atoms with E-state index in [2.05, 4.69) is 60.8 Å². The molecule has 0 aromatic heterocycles. The fourth-order valence-electron chi connectivity index (χ4n) is 2.54. The number of thioether (sulfide) groups is 1. The Hall–Kier alpha value is -1.45. The van der Waals surface area contributed by atoms with Gasteiger partial charge in [-0.25, -0.2) is 0 Å². The lowest BCUT2D eigenvalue weighted by Gasteiger charge is -2.13. The third-order valence-corrected chi connectivity index (χ3v) is 5.00. The molecular weight excluding hydrogens is 278 g/mol. The third kappa shape index (κ3) is 3.60. The lowest BCUT2D eigenvalue weighted by Crippen LogP contribution is -2.12. The zero-order valence-electron chi connectivity index (χ0n) is 12.3. The zero-order chi connectivity index (χ0) is 14.5. The molecule has 2 aromatic rings. The molecule has 1 atom stereocenters. The van der Waals surface area contributed by atoms with Crippen LogP contribution in [-0.4, -0.2) is 18.9 Å². The van der Waals surface area contributed by atoms with Gasteiger partial charge in [0.05, 0.1) is 6.61 Å². The van der Waals surface area contributed by atoms with E-state index in [1.807, 2.05) is 11.8 Å². The van der Waals surface area contributed by atoms with Crippen LogP contribution in [0, 0.1) is 0 Å². The van der Waals surface area contributed by atoms with Crippen LogP contribution in [0.1, 0.15) is 24.0 Å². The Labute approximate surface area is 130 Å². The van der Waals surface area contributed by atoms with Crippen molar-refractivity contribution in [2.75, 3.05) is 18.9 Å². The van der Waals surface area contributed by atoms with Crippen molar-refractivity contribution in [3.63, 3.8) is 0 Å². The highest BCUT2D eigenvalue weighted by Gasteiger charge is 2.23. The van der Waals surface area contributed by atoms with Crippen molar-refractivity contribution in [2.45, 2.75) is 24.3 Å². The molecule has 21 heavy (non-hydrogen) atoms. The van der Waals surface area contributed by atoms with Crippen LogP contribution in [-0.2, 0) is 6.54 Å². The van der Waals surface area contributed by atoms with Crippen LogP contribution in [0.5, 0.6) is 5.75 Å². The van der Waals surface area contributed by atoms with Gasteiger partial charge in [0.2, 0.25) is 0 Å². The van der Waals surface area contributed by atoms with E-state index in [1.54, 1.807) is 0 Å². The molecule has 0 spiro atoms. The maximum atomic E-state index is 5.97. The first-order chi connectivity index (χ1) is 10.4. The number of hydrogen-bond acceptors (Lipinski definition) is 3. The summed E-state index contributed by atoms with van der Waals surface area (Å²) < 4.78 is 5.97. The Morgan fingerprint density at radius 2 is 1.95 bits per heavy atom. The second kappa shape index (κ2) is 7.01. The summed E-state index contributed by atoms with van der Waals surface area (Å²) >= 11 is 1.93. The SMILES string of the molecule is CCNCc1ccc(OCC2CSc3ccccc32)cc1. The number of nitrogens with one attached hydrogen (secondary N) is 1. The molecule has 2 aromatic carbocycles. The first kappa shape index (κ1) is 14.5. The van der Waals surface area contributed by atoms with Gasteiger partial charge >= 0.3 is 0 Å². The molecule has 1 unspecified atom stereocenters. The van der Waals surface area contributed by atoms with Gasteiger partial charge in [0.15, 0.2) is 0 Å². The predicted octanol–water partition coefficient (Wildman–Crippen LogP) is 4.06. The van der Waals surface area contributed by atoms with Crippen molar-refractivity contribution in [3.05, 3.63) is 59.7 Å². The molecule has 0 amide bonds. The molecule has 1 heterocycles. The van der Waals surface area contributed by atoms with Gasteiger partial charge in [-0.1, -0.05) is 37.3 Å². The van der Waals surface area contributed by atoms with Gasteiger partial charge in [-0.05, 0) is 35.9 Å². The molecule has 0 fully saturated rings. The highest BCUT2D eigenvalue weighted by Crippen LogP contribution is 2.39. The van der Waals surface area contributed by atoms with Crippen LogP contribution >= 0.6 is 11.8 Å². The Balaban J connectivity index is 1.56. The van der Waals surface area contributed by atoms with E-state index in [0.29, 0.717) is 5.92 Å². The van der Waals surface area contributed by atoms with Crippen LogP contribution in [0.15, 0.2) is 53.4 Å². The topological polar surface area (TPSA) is 21.3 Å². The van der Waals surface area contributed by atoms with Crippen molar-refractivity contribution in [2.24, 2.45) is 0 Å². The molecule has 3 rings (SSSR count).